The van der Waals surface area contributed by atoms with E-state index in [1.165, 1.54) is 0 Å². The van der Waals surface area contributed by atoms with Crippen LogP contribution >= 0.6 is 0 Å². The zero-order valence-corrected chi connectivity index (χ0v) is 17.7. The Labute approximate surface area is 170 Å². The highest BCUT2D eigenvalue weighted by Crippen LogP contribution is 2.30. The van der Waals surface area contributed by atoms with E-state index in [1.807, 2.05) is 54.9 Å². The van der Waals surface area contributed by atoms with E-state index in [4.69, 9.17) is 4.74 Å². The molecule has 1 N–H and O–H groups in total. The Morgan fingerprint density at radius 2 is 1.90 bits per heavy atom. The third-order valence-corrected chi connectivity index (χ3v) is 5.86. The molecule has 0 aliphatic heterocycles. The fraction of sp³-hybridized carbons (Fsp3) is 0.591. The van der Waals surface area contributed by atoms with Crippen LogP contribution in [0.15, 0.2) is 23.0 Å². The molecule has 0 aromatic carbocycles. The Bertz CT molecular complexity index is 1070. The molecule has 7 heteroatoms. The van der Waals surface area contributed by atoms with Crippen LogP contribution in [0, 0.1) is 18.8 Å². The number of nitrogens with one attached hydrogen (secondary N) is 1. The van der Waals surface area contributed by atoms with E-state index in [9.17, 15) is 9.59 Å². The van der Waals surface area contributed by atoms with E-state index in [0.717, 1.165) is 49.2 Å². The van der Waals surface area contributed by atoms with Gasteiger partial charge in [0.2, 0.25) is 0 Å². The summed E-state index contributed by atoms with van der Waals surface area (Å²) in [7, 11) is 0. The molecule has 7 nitrogen and oxygen atoms in total. The summed E-state index contributed by atoms with van der Waals surface area (Å²) in [6, 6.07) is 5.91. The van der Waals surface area contributed by atoms with Gasteiger partial charge in [0, 0.05) is 13.1 Å². The van der Waals surface area contributed by atoms with Crippen molar-refractivity contribution in [2.24, 2.45) is 11.8 Å². The smallest absolute Gasteiger partial charge is 0.407 e. The lowest BCUT2D eigenvalue weighted by molar-refractivity contribution is 0.0513. The number of amides is 1. The van der Waals surface area contributed by atoms with Gasteiger partial charge in [0.15, 0.2) is 0 Å². The average Bonchev–Trinajstić information content (AvgIpc) is 3.13. The van der Waals surface area contributed by atoms with Crippen LogP contribution in [-0.2, 0) is 11.3 Å². The molecule has 0 saturated heterocycles. The molecule has 1 aliphatic rings. The Kier molecular flexibility index (Phi) is 5.00. The van der Waals surface area contributed by atoms with Gasteiger partial charge in [-0.05, 0) is 77.3 Å². The summed E-state index contributed by atoms with van der Waals surface area (Å²) < 4.78 is 9.21. The number of carbonyl (C=O) groups is 1. The highest BCUT2D eigenvalue weighted by atomic mass is 16.6. The maximum atomic E-state index is 13.0. The van der Waals surface area contributed by atoms with Crippen LogP contribution in [-0.4, -0.2) is 32.2 Å². The number of ether oxygens (including phenoxy) is 1. The minimum absolute atomic E-state index is 0.0601. The number of aryl methyl sites for hydroxylation is 1. The van der Waals surface area contributed by atoms with Crippen LogP contribution in [0.1, 0.15) is 52.1 Å². The molecule has 0 bridgehead atoms. The van der Waals surface area contributed by atoms with Gasteiger partial charge >= 0.3 is 6.09 Å². The van der Waals surface area contributed by atoms with E-state index in [-0.39, 0.29) is 11.7 Å². The van der Waals surface area contributed by atoms with Crippen LogP contribution in [0.4, 0.5) is 4.79 Å². The molecule has 0 atom stereocenters. The Morgan fingerprint density at radius 1 is 1.21 bits per heavy atom. The molecule has 3 aromatic heterocycles. The normalized spacial score (nSPS) is 20.4. The van der Waals surface area contributed by atoms with Gasteiger partial charge in [-0.25, -0.2) is 9.78 Å². The lowest BCUT2D eigenvalue weighted by Gasteiger charge is -2.29. The summed E-state index contributed by atoms with van der Waals surface area (Å²) in [6.07, 6.45) is 3.89. The molecule has 4 rings (SSSR count). The molecule has 3 heterocycles. The summed E-state index contributed by atoms with van der Waals surface area (Å²) in [4.78, 5) is 29.3. The van der Waals surface area contributed by atoms with Gasteiger partial charge < -0.3 is 10.1 Å². The van der Waals surface area contributed by atoms with Crippen molar-refractivity contribution < 1.29 is 9.53 Å². The molecule has 0 unspecified atom stereocenters. The number of aromatic nitrogens is 3. The van der Waals surface area contributed by atoms with Crippen LogP contribution < -0.4 is 10.9 Å². The number of carbonyl (C=O) groups excluding carboxylic acids is 1. The van der Waals surface area contributed by atoms with Gasteiger partial charge in [-0.2, -0.15) is 0 Å². The molecule has 1 fully saturated rings. The van der Waals surface area contributed by atoms with Crippen molar-refractivity contribution in [3.05, 3.63) is 34.2 Å². The molecule has 1 amide bonds. The topological polar surface area (TPSA) is 77.6 Å². The number of nitrogens with zero attached hydrogens (tertiary/aromatic N) is 3. The Hall–Kier alpha value is -2.57. The van der Waals surface area contributed by atoms with Crippen molar-refractivity contribution in [1.29, 1.82) is 0 Å². The maximum Gasteiger partial charge on any atom is 0.407 e. The first-order valence-electron chi connectivity index (χ1n) is 10.5. The predicted octanol–water partition coefficient (Wildman–Crippen LogP) is 3.73. The van der Waals surface area contributed by atoms with Crippen molar-refractivity contribution in [2.75, 3.05) is 6.54 Å². The van der Waals surface area contributed by atoms with Crippen LogP contribution in [0.3, 0.4) is 0 Å². The van der Waals surface area contributed by atoms with Crippen molar-refractivity contribution in [2.45, 2.75) is 65.5 Å². The molecule has 1 aliphatic carbocycles. The van der Waals surface area contributed by atoms with Crippen LogP contribution in [0.5, 0.6) is 0 Å². The molecule has 3 aromatic rings. The summed E-state index contributed by atoms with van der Waals surface area (Å²) in [5.41, 5.74) is 2.84. The SMILES string of the molecule is Cc1nc2cccc3n(C[C@H]4CC[C@H](CNC(=O)OC(C)(C)C)CC4)c(=O)c1n23. The predicted molar refractivity (Wildman–Crippen MR) is 113 cm³/mol. The standard InChI is InChI=1S/C22H30N4O3/c1-14-19-20(27)25(18-7-5-6-17(24-14)26(18)19)13-16-10-8-15(9-11-16)12-23-21(28)29-22(2,3)4/h5-7,15-16H,8-13H2,1-4H3,(H,23,28)/t15-,16-. The second-order valence-electron chi connectivity index (χ2n) is 9.31. The lowest BCUT2D eigenvalue weighted by Crippen LogP contribution is -2.36. The van der Waals surface area contributed by atoms with E-state index >= 15 is 0 Å². The van der Waals surface area contributed by atoms with Crippen LogP contribution in [0.25, 0.3) is 16.8 Å². The fourth-order valence-corrected chi connectivity index (χ4v) is 4.48. The minimum Gasteiger partial charge on any atom is -0.444 e. The van der Waals surface area contributed by atoms with Crippen molar-refractivity contribution in [3.8, 4) is 0 Å². The zero-order valence-electron chi connectivity index (χ0n) is 17.7. The zero-order chi connectivity index (χ0) is 20.8. The number of hydrogen-bond acceptors (Lipinski definition) is 4. The minimum atomic E-state index is -0.473. The van der Waals surface area contributed by atoms with Crippen molar-refractivity contribution in [1.82, 2.24) is 19.3 Å². The van der Waals surface area contributed by atoms with Gasteiger partial charge in [-0.3, -0.25) is 13.8 Å². The third kappa shape index (κ3) is 3.95. The number of pyridine rings is 1. The second kappa shape index (κ2) is 7.35. The Balaban J connectivity index is 1.37. The molecule has 1 saturated carbocycles. The monoisotopic (exact) mass is 398 g/mol. The third-order valence-electron chi connectivity index (χ3n) is 5.86. The maximum absolute atomic E-state index is 13.0. The van der Waals surface area contributed by atoms with Crippen molar-refractivity contribution >= 4 is 22.9 Å². The van der Waals surface area contributed by atoms with E-state index in [0.29, 0.717) is 23.9 Å². The average molecular weight is 399 g/mol. The molecule has 156 valence electrons. The number of rotatable bonds is 4. The quantitative estimate of drug-likeness (QED) is 0.726. The first kappa shape index (κ1) is 19.7. The van der Waals surface area contributed by atoms with Gasteiger partial charge in [0.25, 0.3) is 5.56 Å². The first-order valence-corrected chi connectivity index (χ1v) is 10.5. The highest BCUT2D eigenvalue weighted by Gasteiger charge is 2.25. The van der Waals surface area contributed by atoms with Gasteiger partial charge in [-0.15, -0.1) is 0 Å². The van der Waals surface area contributed by atoms with E-state index < -0.39 is 5.60 Å². The second-order valence-corrected chi connectivity index (χ2v) is 9.31. The first-order chi connectivity index (χ1) is 13.7. The molecular weight excluding hydrogens is 368 g/mol. The highest BCUT2D eigenvalue weighted by molar-refractivity contribution is 5.69. The molecule has 0 radical (unpaired) electrons. The summed E-state index contributed by atoms with van der Waals surface area (Å²) in [6.45, 7) is 8.89. The summed E-state index contributed by atoms with van der Waals surface area (Å²) >= 11 is 0. The van der Waals surface area contributed by atoms with Gasteiger partial charge in [0.1, 0.15) is 22.4 Å². The largest absolute Gasteiger partial charge is 0.444 e. The summed E-state index contributed by atoms with van der Waals surface area (Å²) in [5, 5.41) is 2.90. The van der Waals surface area contributed by atoms with E-state index in [2.05, 4.69) is 10.3 Å². The van der Waals surface area contributed by atoms with Crippen LogP contribution in [0.2, 0.25) is 0 Å². The summed E-state index contributed by atoms with van der Waals surface area (Å²) in [5.74, 6) is 0.946. The number of imidazole rings is 2. The fourth-order valence-electron chi connectivity index (χ4n) is 4.48. The molecular formula is C22H30N4O3. The van der Waals surface area contributed by atoms with Crippen molar-refractivity contribution in [3.63, 3.8) is 0 Å². The number of hydrogen-bond donors (Lipinski definition) is 1. The van der Waals surface area contributed by atoms with Gasteiger partial charge in [-0.1, -0.05) is 6.07 Å². The molecule has 29 heavy (non-hydrogen) atoms. The Morgan fingerprint density at radius 3 is 2.59 bits per heavy atom. The number of alkyl carbamates (subject to hydrolysis) is 1. The lowest BCUT2D eigenvalue weighted by atomic mass is 9.82. The molecule has 0 spiro atoms. The van der Waals surface area contributed by atoms with E-state index in [1.54, 1.807) is 0 Å². The van der Waals surface area contributed by atoms with Gasteiger partial charge in [0.05, 0.1) is 5.69 Å².